The minimum Gasteiger partial charge on any atom is -0.456 e. The predicted octanol–water partition coefficient (Wildman–Crippen LogP) is 2.39. The van der Waals surface area contributed by atoms with Crippen LogP contribution in [0.2, 0.25) is 0 Å². The van der Waals surface area contributed by atoms with Gasteiger partial charge >= 0.3 is 0 Å². The van der Waals surface area contributed by atoms with Gasteiger partial charge < -0.3 is 15.6 Å². The number of ether oxygens (including phenoxy) is 1. The normalized spacial score (nSPS) is 12.2. The lowest BCUT2D eigenvalue weighted by Gasteiger charge is -2.08. The Morgan fingerprint density at radius 1 is 1.17 bits per heavy atom. The van der Waals surface area contributed by atoms with Crippen molar-refractivity contribution in [2.45, 2.75) is 19.6 Å². The van der Waals surface area contributed by atoms with E-state index in [-0.39, 0.29) is 12.6 Å². The Kier molecular flexibility index (Phi) is 3.92. The fourth-order valence-corrected chi connectivity index (χ4v) is 1.52. The van der Waals surface area contributed by atoms with Crippen molar-refractivity contribution in [3.8, 4) is 11.5 Å². The third-order valence-corrected chi connectivity index (χ3v) is 2.57. The molecule has 2 aromatic rings. The van der Waals surface area contributed by atoms with E-state index in [1.165, 1.54) is 0 Å². The molecule has 0 saturated heterocycles. The van der Waals surface area contributed by atoms with Crippen LogP contribution in [0.25, 0.3) is 0 Å². The Morgan fingerprint density at radius 3 is 2.33 bits per heavy atom. The predicted molar refractivity (Wildman–Crippen MR) is 69.3 cm³/mol. The number of aliphatic hydroxyl groups is 1. The van der Waals surface area contributed by atoms with Crippen molar-refractivity contribution >= 4 is 0 Å². The minimum atomic E-state index is -0.0807. The van der Waals surface area contributed by atoms with E-state index in [1.807, 2.05) is 43.3 Å². The van der Waals surface area contributed by atoms with Crippen LogP contribution in [0.15, 0.2) is 42.6 Å². The third kappa shape index (κ3) is 3.06. The van der Waals surface area contributed by atoms with E-state index in [1.54, 1.807) is 6.20 Å². The SMILES string of the molecule is C[C@H](N)c1ccc(Oc2ccc(CO)cc2)cn1. The summed E-state index contributed by atoms with van der Waals surface area (Å²) in [6.45, 7) is 1.92. The lowest BCUT2D eigenvalue weighted by atomic mass is 10.2. The molecule has 1 aromatic heterocycles. The van der Waals surface area contributed by atoms with Crippen LogP contribution in [-0.4, -0.2) is 10.1 Å². The van der Waals surface area contributed by atoms with E-state index in [0.717, 1.165) is 11.3 Å². The number of benzene rings is 1. The first-order valence-electron chi connectivity index (χ1n) is 5.78. The largest absolute Gasteiger partial charge is 0.456 e. The van der Waals surface area contributed by atoms with Gasteiger partial charge in [-0.3, -0.25) is 4.98 Å². The molecule has 0 unspecified atom stereocenters. The first-order valence-corrected chi connectivity index (χ1v) is 5.78. The highest BCUT2D eigenvalue weighted by molar-refractivity contribution is 5.32. The molecule has 1 atom stereocenters. The van der Waals surface area contributed by atoms with Gasteiger partial charge in [-0.05, 0) is 36.8 Å². The molecular formula is C14H16N2O2. The maximum Gasteiger partial charge on any atom is 0.145 e. The van der Waals surface area contributed by atoms with Crippen LogP contribution in [0.3, 0.4) is 0 Å². The highest BCUT2D eigenvalue weighted by Crippen LogP contribution is 2.21. The minimum absolute atomic E-state index is 0.0327. The molecule has 2 rings (SSSR count). The fraction of sp³-hybridized carbons (Fsp3) is 0.214. The van der Waals surface area contributed by atoms with Crippen molar-refractivity contribution in [3.63, 3.8) is 0 Å². The van der Waals surface area contributed by atoms with Crippen LogP contribution in [0.4, 0.5) is 0 Å². The van der Waals surface area contributed by atoms with Crippen LogP contribution in [0.1, 0.15) is 24.2 Å². The molecule has 18 heavy (non-hydrogen) atoms. The van der Waals surface area contributed by atoms with Crippen LogP contribution >= 0.6 is 0 Å². The summed E-state index contributed by atoms with van der Waals surface area (Å²) in [5.74, 6) is 1.37. The molecule has 4 heteroatoms. The first kappa shape index (κ1) is 12.5. The van der Waals surface area contributed by atoms with Gasteiger partial charge in [0.25, 0.3) is 0 Å². The zero-order valence-corrected chi connectivity index (χ0v) is 10.2. The first-order chi connectivity index (χ1) is 8.69. The van der Waals surface area contributed by atoms with Crippen LogP contribution in [0.5, 0.6) is 11.5 Å². The molecule has 0 saturated carbocycles. The molecule has 0 amide bonds. The van der Waals surface area contributed by atoms with Crippen molar-refractivity contribution in [2.24, 2.45) is 5.73 Å². The molecule has 0 bridgehead atoms. The maximum absolute atomic E-state index is 8.94. The number of hydrogen-bond acceptors (Lipinski definition) is 4. The van der Waals surface area contributed by atoms with Crippen LogP contribution < -0.4 is 10.5 Å². The monoisotopic (exact) mass is 244 g/mol. The van der Waals surface area contributed by atoms with Gasteiger partial charge in [-0.25, -0.2) is 0 Å². The highest BCUT2D eigenvalue weighted by Gasteiger charge is 2.02. The molecule has 0 aliphatic heterocycles. The van der Waals surface area contributed by atoms with Crippen molar-refractivity contribution in [3.05, 3.63) is 53.9 Å². The quantitative estimate of drug-likeness (QED) is 0.866. The molecule has 1 aromatic carbocycles. The average molecular weight is 244 g/mol. The number of hydrogen-bond donors (Lipinski definition) is 2. The molecule has 0 aliphatic carbocycles. The smallest absolute Gasteiger partial charge is 0.145 e. The van der Waals surface area contributed by atoms with E-state index in [2.05, 4.69) is 4.98 Å². The molecule has 0 aliphatic rings. The summed E-state index contributed by atoms with van der Waals surface area (Å²) in [6, 6.07) is 10.9. The van der Waals surface area contributed by atoms with Crippen molar-refractivity contribution < 1.29 is 9.84 Å². The van der Waals surface area contributed by atoms with Gasteiger partial charge in [-0.2, -0.15) is 0 Å². The fourth-order valence-electron chi connectivity index (χ4n) is 1.52. The number of nitrogens with zero attached hydrogens (tertiary/aromatic N) is 1. The summed E-state index contributed by atoms with van der Waals surface area (Å²) in [5.41, 5.74) is 7.41. The Bertz CT molecular complexity index is 492. The highest BCUT2D eigenvalue weighted by atomic mass is 16.5. The number of nitrogens with two attached hydrogens (primary N) is 1. The Hall–Kier alpha value is -1.91. The number of rotatable bonds is 4. The van der Waals surface area contributed by atoms with Gasteiger partial charge in [0, 0.05) is 6.04 Å². The second-order valence-corrected chi connectivity index (χ2v) is 4.11. The van der Waals surface area contributed by atoms with Gasteiger partial charge in [0.1, 0.15) is 11.5 Å². The van der Waals surface area contributed by atoms with E-state index in [0.29, 0.717) is 11.5 Å². The molecule has 0 radical (unpaired) electrons. The Morgan fingerprint density at radius 2 is 1.83 bits per heavy atom. The molecular weight excluding hydrogens is 228 g/mol. The van der Waals surface area contributed by atoms with Gasteiger partial charge in [-0.1, -0.05) is 12.1 Å². The summed E-state index contributed by atoms with van der Waals surface area (Å²) in [4.78, 5) is 4.22. The van der Waals surface area contributed by atoms with Crippen LogP contribution in [-0.2, 0) is 6.61 Å². The molecule has 0 spiro atoms. The number of aliphatic hydroxyl groups excluding tert-OH is 1. The van der Waals surface area contributed by atoms with Gasteiger partial charge in [-0.15, -0.1) is 0 Å². The topological polar surface area (TPSA) is 68.4 Å². The van der Waals surface area contributed by atoms with Crippen molar-refractivity contribution in [1.82, 2.24) is 4.98 Å². The zero-order chi connectivity index (χ0) is 13.0. The Labute approximate surface area is 106 Å². The number of aromatic nitrogens is 1. The van der Waals surface area contributed by atoms with Gasteiger partial charge in [0.05, 0.1) is 18.5 Å². The summed E-state index contributed by atoms with van der Waals surface area (Å²) < 4.78 is 5.63. The zero-order valence-electron chi connectivity index (χ0n) is 10.2. The molecule has 94 valence electrons. The van der Waals surface area contributed by atoms with E-state index in [9.17, 15) is 0 Å². The van der Waals surface area contributed by atoms with Crippen molar-refractivity contribution in [1.29, 1.82) is 0 Å². The lowest BCUT2D eigenvalue weighted by Crippen LogP contribution is -2.06. The van der Waals surface area contributed by atoms with E-state index in [4.69, 9.17) is 15.6 Å². The molecule has 4 nitrogen and oxygen atoms in total. The lowest BCUT2D eigenvalue weighted by molar-refractivity contribution is 0.281. The van der Waals surface area contributed by atoms with E-state index < -0.39 is 0 Å². The standard InChI is InChI=1S/C14H16N2O2/c1-10(15)14-7-6-13(8-16-14)18-12-4-2-11(9-17)3-5-12/h2-8,10,17H,9,15H2,1H3/t10-/m0/s1. The molecule has 3 N–H and O–H groups in total. The molecule has 1 heterocycles. The van der Waals surface area contributed by atoms with E-state index >= 15 is 0 Å². The number of pyridine rings is 1. The summed E-state index contributed by atoms with van der Waals surface area (Å²) in [6.07, 6.45) is 1.65. The maximum atomic E-state index is 8.94. The average Bonchev–Trinajstić information content (AvgIpc) is 2.40. The third-order valence-electron chi connectivity index (χ3n) is 2.57. The molecule has 0 fully saturated rings. The summed E-state index contributed by atoms with van der Waals surface area (Å²) >= 11 is 0. The van der Waals surface area contributed by atoms with Gasteiger partial charge in [0.15, 0.2) is 0 Å². The van der Waals surface area contributed by atoms with Gasteiger partial charge in [0.2, 0.25) is 0 Å². The summed E-state index contributed by atoms with van der Waals surface area (Å²) in [7, 11) is 0. The van der Waals surface area contributed by atoms with Crippen molar-refractivity contribution in [2.75, 3.05) is 0 Å². The summed E-state index contributed by atoms with van der Waals surface area (Å²) in [5, 5.41) is 8.94. The second-order valence-electron chi connectivity index (χ2n) is 4.11. The Balaban J connectivity index is 2.08. The second kappa shape index (κ2) is 5.62. The van der Waals surface area contributed by atoms with Crippen LogP contribution in [0, 0.1) is 0 Å².